The van der Waals surface area contributed by atoms with E-state index in [0.717, 1.165) is 0 Å². The van der Waals surface area contributed by atoms with Crippen LogP contribution in [0.25, 0.3) is 0 Å². The molecule has 0 aliphatic rings. The van der Waals surface area contributed by atoms with Crippen LogP contribution in [0.2, 0.25) is 0 Å². The molecule has 3 nitrogen and oxygen atoms in total. The lowest BCUT2D eigenvalue weighted by Gasteiger charge is -2.15. The lowest BCUT2D eigenvalue weighted by Crippen LogP contribution is -2.17. The first kappa shape index (κ1) is 13.6. The van der Waals surface area contributed by atoms with Crippen LogP contribution in [0.15, 0.2) is 29.2 Å². The zero-order valence-electron chi connectivity index (χ0n) is 10.1. The van der Waals surface area contributed by atoms with Crippen LogP contribution in [0.4, 0.5) is 5.69 Å². The summed E-state index contributed by atoms with van der Waals surface area (Å²) in [4.78, 5) is 0.339. The van der Waals surface area contributed by atoms with E-state index in [9.17, 15) is 8.42 Å². The van der Waals surface area contributed by atoms with Crippen LogP contribution in [0.5, 0.6) is 0 Å². The average Bonchev–Trinajstić information content (AvgIpc) is 2.30. The van der Waals surface area contributed by atoms with Gasteiger partial charge in [0, 0.05) is 12.5 Å². The van der Waals surface area contributed by atoms with Gasteiger partial charge < -0.3 is 5.32 Å². The van der Waals surface area contributed by atoms with Crippen LogP contribution in [0, 0.1) is 12.3 Å². The number of sulfone groups is 1. The maximum absolute atomic E-state index is 11.9. The molecule has 0 saturated carbocycles. The van der Waals surface area contributed by atoms with Crippen molar-refractivity contribution >= 4 is 15.5 Å². The summed E-state index contributed by atoms with van der Waals surface area (Å²) in [6.45, 7) is 3.56. The number of rotatable bonds is 5. The summed E-state index contributed by atoms with van der Waals surface area (Å²) in [5.41, 5.74) is 0.622. The minimum atomic E-state index is -3.20. The highest BCUT2D eigenvalue weighted by molar-refractivity contribution is 7.91. The Morgan fingerprint density at radius 2 is 2.06 bits per heavy atom. The van der Waals surface area contributed by atoms with Gasteiger partial charge in [-0.2, -0.15) is 0 Å². The molecule has 4 heteroatoms. The highest BCUT2D eigenvalue weighted by atomic mass is 32.2. The summed E-state index contributed by atoms with van der Waals surface area (Å²) in [5.74, 6) is 2.64. The molecule has 0 fully saturated rings. The third-order valence-electron chi connectivity index (χ3n) is 2.43. The van der Waals surface area contributed by atoms with E-state index in [2.05, 4.69) is 11.2 Å². The number of hydrogen-bond acceptors (Lipinski definition) is 3. The Hall–Kier alpha value is -1.47. The van der Waals surface area contributed by atoms with Crippen molar-refractivity contribution in [2.75, 3.05) is 11.1 Å². The normalized spacial score (nSPS) is 12.8. The maximum atomic E-state index is 11.9. The van der Waals surface area contributed by atoms with Gasteiger partial charge in [0.1, 0.15) is 0 Å². The van der Waals surface area contributed by atoms with Crippen molar-refractivity contribution in [1.82, 2.24) is 0 Å². The van der Waals surface area contributed by atoms with Gasteiger partial charge in [-0.25, -0.2) is 8.42 Å². The molecule has 0 aliphatic heterocycles. The molecular weight excluding hydrogens is 234 g/mol. The Morgan fingerprint density at radius 1 is 1.41 bits per heavy atom. The van der Waals surface area contributed by atoms with Gasteiger partial charge in [-0.15, -0.1) is 12.3 Å². The molecule has 0 spiro atoms. The topological polar surface area (TPSA) is 46.2 Å². The molecule has 0 aliphatic carbocycles. The van der Waals surface area contributed by atoms with Crippen molar-refractivity contribution in [3.63, 3.8) is 0 Å². The Labute approximate surface area is 103 Å². The van der Waals surface area contributed by atoms with Gasteiger partial charge in [0.15, 0.2) is 9.84 Å². The summed E-state index contributed by atoms with van der Waals surface area (Å²) in [7, 11) is -3.20. The summed E-state index contributed by atoms with van der Waals surface area (Å²) in [5, 5.41) is 3.13. The first-order valence-electron chi connectivity index (χ1n) is 5.53. The maximum Gasteiger partial charge on any atom is 0.180 e. The van der Waals surface area contributed by atoms with Gasteiger partial charge in [-0.3, -0.25) is 0 Å². The predicted molar refractivity (Wildman–Crippen MR) is 70.7 cm³/mol. The standard InChI is InChI=1S/C13H17NO2S/c1-4-8-11(3)14-12-9-6-7-10-13(12)17(15,16)5-2/h1,6-7,9-11,14H,5,8H2,2-3H3. The number of para-hydroxylation sites is 1. The molecule has 0 bridgehead atoms. The van der Waals surface area contributed by atoms with Crippen LogP contribution in [0.1, 0.15) is 20.3 Å². The first-order chi connectivity index (χ1) is 8.01. The minimum Gasteiger partial charge on any atom is -0.381 e. The van der Waals surface area contributed by atoms with E-state index in [4.69, 9.17) is 6.42 Å². The quantitative estimate of drug-likeness (QED) is 0.817. The molecule has 1 atom stereocenters. The van der Waals surface area contributed by atoms with E-state index in [1.165, 1.54) is 0 Å². The molecule has 1 aromatic rings. The van der Waals surface area contributed by atoms with Crippen LogP contribution in [-0.2, 0) is 9.84 Å². The fourth-order valence-electron chi connectivity index (χ4n) is 1.51. The fourth-order valence-corrected chi connectivity index (χ4v) is 2.56. The molecule has 0 radical (unpaired) electrons. The highest BCUT2D eigenvalue weighted by Gasteiger charge is 2.16. The second-order valence-corrected chi connectivity index (χ2v) is 6.10. The molecule has 1 unspecified atom stereocenters. The Balaban J connectivity index is 3.06. The summed E-state index contributed by atoms with van der Waals surface area (Å²) in [6.07, 6.45) is 5.78. The van der Waals surface area contributed by atoms with E-state index in [1.54, 1.807) is 31.2 Å². The monoisotopic (exact) mass is 251 g/mol. The van der Waals surface area contributed by atoms with Crippen molar-refractivity contribution in [2.45, 2.75) is 31.2 Å². The minimum absolute atomic E-state index is 0.0493. The lowest BCUT2D eigenvalue weighted by atomic mass is 10.2. The van der Waals surface area contributed by atoms with Gasteiger partial charge in [-0.1, -0.05) is 19.1 Å². The summed E-state index contributed by atoms with van der Waals surface area (Å²) in [6, 6.07) is 6.95. The number of nitrogens with one attached hydrogen (secondary N) is 1. The van der Waals surface area contributed by atoms with Gasteiger partial charge >= 0.3 is 0 Å². The van der Waals surface area contributed by atoms with Crippen molar-refractivity contribution in [3.8, 4) is 12.3 Å². The van der Waals surface area contributed by atoms with Crippen LogP contribution in [0.3, 0.4) is 0 Å². The largest absolute Gasteiger partial charge is 0.381 e. The first-order valence-corrected chi connectivity index (χ1v) is 7.18. The summed E-state index contributed by atoms with van der Waals surface area (Å²) >= 11 is 0. The van der Waals surface area contributed by atoms with E-state index in [0.29, 0.717) is 17.0 Å². The molecular formula is C13H17NO2S. The number of benzene rings is 1. The van der Waals surface area contributed by atoms with Crippen molar-refractivity contribution < 1.29 is 8.42 Å². The van der Waals surface area contributed by atoms with Crippen LogP contribution < -0.4 is 5.32 Å². The zero-order chi connectivity index (χ0) is 12.9. The second-order valence-electron chi connectivity index (χ2n) is 3.85. The molecule has 0 amide bonds. The van der Waals surface area contributed by atoms with E-state index >= 15 is 0 Å². The summed E-state index contributed by atoms with van der Waals surface area (Å²) < 4.78 is 23.8. The Morgan fingerprint density at radius 3 is 2.65 bits per heavy atom. The molecule has 0 heterocycles. The van der Waals surface area contributed by atoms with Gasteiger partial charge in [0.25, 0.3) is 0 Å². The Kier molecular flexibility index (Phi) is 4.59. The van der Waals surface area contributed by atoms with Crippen LogP contribution >= 0.6 is 0 Å². The SMILES string of the molecule is C#CCC(C)Nc1ccccc1S(=O)(=O)CC. The molecule has 0 aromatic heterocycles. The van der Waals surface area contributed by atoms with Gasteiger partial charge in [0.2, 0.25) is 0 Å². The van der Waals surface area contributed by atoms with Gasteiger partial charge in [-0.05, 0) is 19.1 Å². The molecule has 0 saturated heterocycles. The van der Waals surface area contributed by atoms with Crippen molar-refractivity contribution in [1.29, 1.82) is 0 Å². The molecule has 17 heavy (non-hydrogen) atoms. The third-order valence-corrected chi connectivity index (χ3v) is 4.21. The highest BCUT2D eigenvalue weighted by Crippen LogP contribution is 2.22. The Bertz CT molecular complexity index is 514. The molecule has 1 rings (SSSR count). The van der Waals surface area contributed by atoms with Crippen LogP contribution in [-0.4, -0.2) is 20.2 Å². The van der Waals surface area contributed by atoms with Crippen molar-refractivity contribution in [2.24, 2.45) is 0 Å². The molecule has 92 valence electrons. The lowest BCUT2D eigenvalue weighted by molar-refractivity contribution is 0.597. The van der Waals surface area contributed by atoms with E-state index < -0.39 is 9.84 Å². The molecule has 1 aromatic carbocycles. The second kappa shape index (κ2) is 5.74. The number of hydrogen-bond donors (Lipinski definition) is 1. The molecule has 1 N–H and O–H groups in total. The average molecular weight is 251 g/mol. The van der Waals surface area contributed by atoms with E-state index in [1.807, 2.05) is 6.92 Å². The smallest absolute Gasteiger partial charge is 0.180 e. The number of terminal acetylenes is 1. The predicted octanol–water partition coefficient (Wildman–Crippen LogP) is 2.30. The van der Waals surface area contributed by atoms with Crippen molar-refractivity contribution in [3.05, 3.63) is 24.3 Å². The fraction of sp³-hybridized carbons (Fsp3) is 0.385. The zero-order valence-corrected chi connectivity index (χ0v) is 10.9. The number of anilines is 1. The van der Waals surface area contributed by atoms with E-state index in [-0.39, 0.29) is 11.8 Å². The third kappa shape index (κ3) is 3.50. The van der Waals surface area contributed by atoms with Gasteiger partial charge in [0.05, 0.1) is 16.3 Å².